The number of rotatable bonds is 4. The Hall–Kier alpha value is -1.55. The molecule has 94 valence electrons. The molecule has 0 radical (unpaired) electrons. The van der Waals surface area contributed by atoms with Gasteiger partial charge in [0.1, 0.15) is 5.75 Å². The minimum absolute atomic E-state index is 0.811. The van der Waals surface area contributed by atoms with Crippen LogP contribution < -0.4 is 4.74 Å². The molecule has 0 N–H and O–H groups in total. The number of aryl methyl sites for hydroxylation is 1. The van der Waals surface area contributed by atoms with Crippen LogP contribution in [0.2, 0.25) is 0 Å². The Morgan fingerprint density at radius 2 is 2.00 bits per heavy atom. The second kappa shape index (κ2) is 5.87. The number of hydrogen-bond donors (Lipinski definition) is 0. The van der Waals surface area contributed by atoms with Crippen molar-refractivity contribution in [2.24, 2.45) is 0 Å². The van der Waals surface area contributed by atoms with Gasteiger partial charge in [-0.3, -0.25) is 0 Å². The average molecular weight is 260 g/mol. The second-order valence-corrected chi connectivity index (χ2v) is 4.54. The molecule has 18 heavy (non-hydrogen) atoms. The summed E-state index contributed by atoms with van der Waals surface area (Å²) in [4.78, 5) is 8.91. The van der Waals surface area contributed by atoms with E-state index in [0.717, 1.165) is 34.1 Å². The van der Waals surface area contributed by atoms with E-state index in [1.807, 2.05) is 36.7 Å². The normalized spacial score (nSPS) is 10.4. The minimum Gasteiger partial charge on any atom is -0.496 e. The lowest BCUT2D eigenvalue weighted by Gasteiger charge is -2.11. The molecule has 0 saturated carbocycles. The van der Waals surface area contributed by atoms with Crippen molar-refractivity contribution in [1.82, 2.24) is 9.97 Å². The molecule has 0 spiro atoms. The van der Waals surface area contributed by atoms with Gasteiger partial charge in [0.15, 0.2) is 5.16 Å². The monoisotopic (exact) mass is 260 g/mol. The van der Waals surface area contributed by atoms with E-state index in [4.69, 9.17) is 4.74 Å². The zero-order valence-corrected chi connectivity index (χ0v) is 11.6. The molecule has 0 aliphatic carbocycles. The average Bonchev–Trinajstić information content (AvgIpc) is 2.46. The number of benzene rings is 1. The maximum atomic E-state index is 5.40. The lowest BCUT2D eigenvalue weighted by atomic mass is 10.0. The van der Waals surface area contributed by atoms with Gasteiger partial charge in [0.05, 0.1) is 12.8 Å². The van der Waals surface area contributed by atoms with Crippen molar-refractivity contribution in [2.75, 3.05) is 13.4 Å². The first kappa shape index (κ1) is 12.9. The molecule has 0 bridgehead atoms. The molecule has 1 aromatic carbocycles. The van der Waals surface area contributed by atoms with Crippen LogP contribution in [-0.2, 0) is 6.42 Å². The van der Waals surface area contributed by atoms with Gasteiger partial charge in [-0.15, -0.1) is 0 Å². The van der Waals surface area contributed by atoms with Crippen LogP contribution in [-0.4, -0.2) is 23.3 Å². The summed E-state index contributed by atoms with van der Waals surface area (Å²) >= 11 is 1.56. The fourth-order valence-corrected chi connectivity index (χ4v) is 2.22. The van der Waals surface area contributed by atoms with Gasteiger partial charge in [-0.25, -0.2) is 9.97 Å². The van der Waals surface area contributed by atoms with E-state index in [9.17, 15) is 0 Å². The highest BCUT2D eigenvalue weighted by Gasteiger charge is 2.11. The number of methoxy groups -OCH3 is 1. The van der Waals surface area contributed by atoms with Crippen LogP contribution in [0, 0.1) is 0 Å². The highest BCUT2D eigenvalue weighted by Crippen LogP contribution is 2.31. The smallest absolute Gasteiger partial charge is 0.187 e. The van der Waals surface area contributed by atoms with Gasteiger partial charge in [0.25, 0.3) is 0 Å². The van der Waals surface area contributed by atoms with Crippen LogP contribution in [0.3, 0.4) is 0 Å². The van der Waals surface area contributed by atoms with Crippen LogP contribution in [0.5, 0.6) is 5.75 Å². The summed E-state index contributed by atoms with van der Waals surface area (Å²) < 4.78 is 5.40. The third kappa shape index (κ3) is 2.48. The number of ether oxygens (including phenoxy) is 1. The van der Waals surface area contributed by atoms with E-state index < -0.39 is 0 Å². The standard InChI is InChI=1S/C14H16N2OS/c1-4-12-11(9-15-14(16-12)18-3)10-7-5-6-8-13(10)17-2/h5-9H,4H2,1-3H3. The van der Waals surface area contributed by atoms with Gasteiger partial charge < -0.3 is 4.74 Å². The van der Waals surface area contributed by atoms with Crippen LogP contribution in [0.25, 0.3) is 11.1 Å². The first-order chi connectivity index (χ1) is 8.80. The van der Waals surface area contributed by atoms with Crippen LogP contribution in [0.15, 0.2) is 35.6 Å². The van der Waals surface area contributed by atoms with E-state index in [1.165, 1.54) is 0 Å². The summed E-state index contributed by atoms with van der Waals surface area (Å²) in [5.74, 6) is 0.854. The van der Waals surface area contributed by atoms with E-state index in [-0.39, 0.29) is 0 Å². The Morgan fingerprint density at radius 3 is 2.67 bits per heavy atom. The van der Waals surface area contributed by atoms with Crippen molar-refractivity contribution in [1.29, 1.82) is 0 Å². The summed E-state index contributed by atoms with van der Waals surface area (Å²) in [7, 11) is 1.68. The van der Waals surface area contributed by atoms with Crippen molar-refractivity contribution in [2.45, 2.75) is 18.5 Å². The van der Waals surface area contributed by atoms with Crippen molar-refractivity contribution in [3.05, 3.63) is 36.2 Å². The maximum Gasteiger partial charge on any atom is 0.187 e. The molecule has 0 aliphatic rings. The number of hydrogen-bond acceptors (Lipinski definition) is 4. The lowest BCUT2D eigenvalue weighted by Crippen LogP contribution is -1.98. The number of nitrogens with zero attached hydrogens (tertiary/aromatic N) is 2. The van der Waals surface area contributed by atoms with E-state index >= 15 is 0 Å². The van der Waals surface area contributed by atoms with E-state index in [2.05, 4.69) is 16.9 Å². The molecule has 3 nitrogen and oxygen atoms in total. The maximum absolute atomic E-state index is 5.40. The predicted octanol–water partition coefficient (Wildman–Crippen LogP) is 3.44. The predicted molar refractivity (Wildman–Crippen MR) is 75.2 cm³/mol. The molecular weight excluding hydrogens is 244 g/mol. The molecule has 0 saturated heterocycles. The van der Waals surface area contributed by atoms with Gasteiger partial charge in [-0.05, 0) is 18.7 Å². The lowest BCUT2D eigenvalue weighted by molar-refractivity contribution is 0.416. The third-order valence-electron chi connectivity index (χ3n) is 2.76. The number of thioether (sulfide) groups is 1. The molecule has 2 aromatic rings. The fourth-order valence-electron chi connectivity index (χ4n) is 1.86. The topological polar surface area (TPSA) is 35.0 Å². The molecule has 0 fully saturated rings. The fraction of sp³-hybridized carbons (Fsp3) is 0.286. The largest absolute Gasteiger partial charge is 0.496 e. The Kier molecular flexibility index (Phi) is 4.20. The summed E-state index contributed by atoms with van der Waals surface area (Å²) in [6.07, 6.45) is 4.75. The number of aromatic nitrogens is 2. The molecule has 2 rings (SSSR count). The van der Waals surface area contributed by atoms with Crippen LogP contribution in [0.1, 0.15) is 12.6 Å². The summed E-state index contributed by atoms with van der Waals surface area (Å²) in [5.41, 5.74) is 3.15. The van der Waals surface area contributed by atoms with Crippen LogP contribution >= 0.6 is 11.8 Å². The first-order valence-corrected chi connectivity index (χ1v) is 7.06. The molecule has 0 amide bonds. The Labute approximate surface area is 112 Å². The van der Waals surface area contributed by atoms with Gasteiger partial charge in [-0.1, -0.05) is 36.9 Å². The first-order valence-electron chi connectivity index (χ1n) is 5.83. The molecule has 1 aromatic heterocycles. The van der Waals surface area contributed by atoms with Gasteiger partial charge in [-0.2, -0.15) is 0 Å². The van der Waals surface area contributed by atoms with Gasteiger partial charge in [0, 0.05) is 17.3 Å². The molecule has 0 atom stereocenters. The van der Waals surface area contributed by atoms with Gasteiger partial charge in [0.2, 0.25) is 0 Å². The molecule has 4 heteroatoms. The Bertz CT molecular complexity index is 543. The molecule has 0 aliphatic heterocycles. The molecular formula is C14H16N2OS. The summed E-state index contributed by atoms with van der Waals surface area (Å²) in [6, 6.07) is 7.96. The van der Waals surface area contributed by atoms with E-state index in [0.29, 0.717) is 0 Å². The SMILES string of the molecule is CCc1nc(SC)ncc1-c1ccccc1OC. The minimum atomic E-state index is 0.811. The highest BCUT2D eigenvalue weighted by atomic mass is 32.2. The number of para-hydroxylation sites is 1. The van der Waals surface area contributed by atoms with Crippen molar-refractivity contribution < 1.29 is 4.74 Å². The quantitative estimate of drug-likeness (QED) is 0.623. The molecule has 1 heterocycles. The summed E-state index contributed by atoms with van der Waals surface area (Å²) in [5, 5.41) is 0.811. The molecule has 0 unspecified atom stereocenters. The zero-order valence-electron chi connectivity index (χ0n) is 10.8. The van der Waals surface area contributed by atoms with Crippen molar-refractivity contribution >= 4 is 11.8 Å². The second-order valence-electron chi connectivity index (χ2n) is 3.77. The Balaban J connectivity index is 2.56. The van der Waals surface area contributed by atoms with Crippen molar-refractivity contribution in [3.63, 3.8) is 0 Å². The summed E-state index contributed by atoms with van der Waals surface area (Å²) in [6.45, 7) is 2.10. The highest BCUT2D eigenvalue weighted by molar-refractivity contribution is 7.98. The van der Waals surface area contributed by atoms with E-state index in [1.54, 1.807) is 18.9 Å². The van der Waals surface area contributed by atoms with Crippen molar-refractivity contribution in [3.8, 4) is 16.9 Å². The van der Waals surface area contributed by atoms with Gasteiger partial charge >= 0.3 is 0 Å². The zero-order chi connectivity index (χ0) is 13.0. The van der Waals surface area contributed by atoms with Crippen LogP contribution in [0.4, 0.5) is 0 Å². The Morgan fingerprint density at radius 1 is 1.22 bits per heavy atom. The third-order valence-corrected chi connectivity index (χ3v) is 3.32.